The van der Waals surface area contributed by atoms with Crippen molar-refractivity contribution in [3.63, 3.8) is 0 Å². The van der Waals surface area contributed by atoms with Gasteiger partial charge in [-0.3, -0.25) is 0 Å². The lowest BCUT2D eigenvalue weighted by molar-refractivity contribution is 0.478. The summed E-state index contributed by atoms with van der Waals surface area (Å²) in [5, 5.41) is 15.6. The van der Waals surface area contributed by atoms with Crippen LogP contribution in [-0.4, -0.2) is 24.1 Å². The smallest absolute Gasteiger partial charge is 0.127 e. The summed E-state index contributed by atoms with van der Waals surface area (Å²) in [6.07, 6.45) is 2.22. The van der Waals surface area contributed by atoms with Crippen LogP contribution in [0, 0.1) is 18.3 Å². The first kappa shape index (κ1) is 10.9. The maximum atomic E-state index is 8.88. The minimum absolute atomic E-state index is 0.474. The molecule has 4 nitrogen and oxygen atoms in total. The molecule has 0 bridgehead atoms. The normalized spacial score (nSPS) is 16.8. The molecule has 2 N–H and O–H groups in total. The number of hydrogen-bond acceptors (Lipinski definition) is 4. The molecule has 0 atom stereocenters. The van der Waals surface area contributed by atoms with Crippen LogP contribution in [0.25, 0.3) is 0 Å². The lowest BCUT2D eigenvalue weighted by atomic mass is 10.1. The SMILES string of the molecule is Cc1cc(C#N)cc(NC2CCNCC2)n1. The van der Waals surface area contributed by atoms with Gasteiger partial charge in [-0.25, -0.2) is 4.98 Å². The summed E-state index contributed by atoms with van der Waals surface area (Å²) in [6.45, 7) is 4.01. The topological polar surface area (TPSA) is 60.7 Å². The van der Waals surface area contributed by atoms with Gasteiger partial charge in [0.15, 0.2) is 0 Å². The molecule has 1 aliphatic rings. The molecule has 0 aliphatic carbocycles. The van der Waals surface area contributed by atoms with Crippen LogP contribution >= 0.6 is 0 Å². The van der Waals surface area contributed by atoms with E-state index in [0.717, 1.165) is 37.4 Å². The predicted molar refractivity (Wildman–Crippen MR) is 63.2 cm³/mol. The van der Waals surface area contributed by atoms with Crippen molar-refractivity contribution >= 4 is 5.82 Å². The van der Waals surface area contributed by atoms with Gasteiger partial charge in [0.1, 0.15) is 5.82 Å². The third-order valence-corrected chi connectivity index (χ3v) is 2.77. The fraction of sp³-hybridized carbons (Fsp3) is 0.500. The Balaban J connectivity index is 2.08. The molecule has 2 heterocycles. The Bertz CT molecular complexity index is 402. The van der Waals surface area contributed by atoms with E-state index in [4.69, 9.17) is 5.26 Å². The number of hydrogen-bond donors (Lipinski definition) is 2. The highest BCUT2D eigenvalue weighted by molar-refractivity contribution is 5.45. The minimum atomic E-state index is 0.474. The highest BCUT2D eigenvalue weighted by Crippen LogP contribution is 2.13. The largest absolute Gasteiger partial charge is 0.367 e. The summed E-state index contributed by atoms with van der Waals surface area (Å²) in [6, 6.07) is 6.24. The van der Waals surface area contributed by atoms with Gasteiger partial charge in [-0.05, 0) is 45.0 Å². The average Bonchev–Trinajstić information content (AvgIpc) is 2.29. The first-order valence-corrected chi connectivity index (χ1v) is 5.64. The zero-order valence-electron chi connectivity index (χ0n) is 9.45. The Morgan fingerprint density at radius 3 is 2.88 bits per heavy atom. The van der Waals surface area contributed by atoms with Gasteiger partial charge < -0.3 is 10.6 Å². The number of piperidine rings is 1. The number of nitrogens with one attached hydrogen (secondary N) is 2. The maximum absolute atomic E-state index is 8.88. The Labute approximate surface area is 95.7 Å². The van der Waals surface area contributed by atoms with Crippen molar-refractivity contribution in [2.24, 2.45) is 0 Å². The minimum Gasteiger partial charge on any atom is -0.367 e. The van der Waals surface area contributed by atoms with E-state index in [0.29, 0.717) is 11.6 Å². The van der Waals surface area contributed by atoms with Crippen molar-refractivity contribution in [1.29, 1.82) is 5.26 Å². The van der Waals surface area contributed by atoms with E-state index in [9.17, 15) is 0 Å². The van der Waals surface area contributed by atoms with Crippen LogP contribution in [-0.2, 0) is 0 Å². The number of anilines is 1. The van der Waals surface area contributed by atoms with E-state index in [1.807, 2.05) is 13.0 Å². The zero-order valence-corrected chi connectivity index (χ0v) is 9.45. The quantitative estimate of drug-likeness (QED) is 0.785. The number of rotatable bonds is 2. The number of aryl methyl sites for hydroxylation is 1. The van der Waals surface area contributed by atoms with Crippen LogP contribution in [0.15, 0.2) is 12.1 Å². The predicted octanol–water partition coefficient (Wildman–Crippen LogP) is 1.43. The molecule has 0 radical (unpaired) electrons. The Hall–Kier alpha value is -1.60. The molecule has 1 saturated heterocycles. The highest BCUT2D eigenvalue weighted by Gasteiger charge is 2.13. The molecule has 1 aromatic heterocycles. The fourth-order valence-corrected chi connectivity index (χ4v) is 1.98. The Morgan fingerprint density at radius 1 is 1.44 bits per heavy atom. The molecule has 4 heteroatoms. The molecule has 1 aromatic rings. The second kappa shape index (κ2) is 4.95. The van der Waals surface area contributed by atoms with Gasteiger partial charge in [0.05, 0.1) is 11.6 Å². The number of pyridine rings is 1. The van der Waals surface area contributed by atoms with Gasteiger partial charge in [-0.15, -0.1) is 0 Å². The monoisotopic (exact) mass is 216 g/mol. The van der Waals surface area contributed by atoms with Crippen molar-refractivity contribution < 1.29 is 0 Å². The summed E-state index contributed by atoms with van der Waals surface area (Å²) in [4.78, 5) is 4.39. The summed E-state index contributed by atoms with van der Waals surface area (Å²) in [7, 11) is 0. The second-order valence-electron chi connectivity index (χ2n) is 4.16. The maximum Gasteiger partial charge on any atom is 0.127 e. The zero-order chi connectivity index (χ0) is 11.4. The Morgan fingerprint density at radius 2 is 2.19 bits per heavy atom. The molecule has 0 aromatic carbocycles. The molecule has 84 valence electrons. The summed E-state index contributed by atoms with van der Waals surface area (Å²) >= 11 is 0. The van der Waals surface area contributed by atoms with Gasteiger partial charge >= 0.3 is 0 Å². The lowest BCUT2D eigenvalue weighted by Crippen LogP contribution is -2.35. The molecule has 16 heavy (non-hydrogen) atoms. The van der Waals surface area contributed by atoms with Crippen molar-refractivity contribution in [2.75, 3.05) is 18.4 Å². The summed E-state index contributed by atoms with van der Waals surface area (Å²) in [5.41, 5.74) is 1.56. The van der Waals surface area contributed by atoms with E-state index in [1.165, 1.54) is 0 Å². The highest BCUT2D eigenvalue weighted by atomic mass is 15.0. The lowest BCUT2D eigenvalue weighted by Gasteiger charge is -2.24. The standard InChI is InChI=1S/C12H16N4/c1-9-6-10(8-13)7-12(15-9)16-11-2-4-14-5-3-11/h6-7,11,14H,2-5H2,1H3,(H,15,16). The van der Waals surface area contributed by atoms with Crippen molar-refractivity contribution in [3.8, 4) is 6.07 Å². The van der Waals surface area contributed by atoms with Crippen LogP contribution in [0.1, 0.15) is 24.1 Å². The van der Waals surface area contributed by atoms with E-state index >= 15 is 0 Å². The average molecular weight is 216 g/mol. The molecule has 2 rings (SSSR count). The number of aromatic nitrogens is 1. The molecule has 0 spiro atoms. The third-order valence-electron chi connectivity index (χ3n) is 2.77. The van der Waals surface area contributed by atoms with E-state index in [2.05, 4.69) is 21.7 Å². The third kappa shape index (κ3) is 2.71. The van der Waals surface area contributed by atoms with Gasteiger partial charge in [0.2, 0.25) is 0 Å². The molecular formula is C12H16N4. The fourth-order valence-electron chi connectivity index (χ4n) is 1.98. The molecule has 1 fully saturated rings. The first-order chi connectivity index (χ1) is 7.78. The summed E-state index contributed by atoms with van der Waals surface area (Å²) in [5.74, 6) is 0.823. The Kier molecular flexibility index (Phi) is 3.37. The first-order valence-electron chi connectivity index (χ1n) is 5.64. The van der Waals surface area contributed by atoms with E-state index < -0.39 is 0 Å². The van der Waals surface area contributed by atoms with E-state index in [-0.39, 0.29) is 0 Å². The van der Waals surface area contributed by atoms with Crippen LogP contribution in [0.4, 0.5) is 5.82 Å². The summed E-state index contributed by atoms with van der Waals surface area (Å²) < 4.78 is 0. The van der Waals surface area contributed by atoms with Crippen molar-refractivity contribution in [3.05, 3.63) is 23.4 Å². The molecule has 0 unspecified atom stereocenters. The van der Waals surface area contributed by atoms with E-state index in [1.54, 1.807) is 6.07 Å². The van der Waals surface area contributed by atoms with Gasteiger partial charge in [-0.1, -0.05) is 0 Å². The number of nitriles is 1. The molecule has 0 amide bonds. The molecular weight excluding hydrogens is 200 g/mol. The molecule has 0 saturated carbocycles. The number of nitrogens with zero attached hydrogens (tertiary/aromatic N) is 2. The second-order valence-corrected chi connectivity index (χ2v) is 4.16. The van der Waals surface area contributed by atoms with Gasteiger partial charge in [0, 0.05) is 11.7 Å². The van der Waals surface area contributed by atoms with Crippen LogP contribution in [0.5, 0.6) is 0 Å². The molecule has 1 aliphatic heterocycles. The van der Waals surface area contributed by atoms with Gasteiger partial charge in [-0.2, -0.15) is 5.26 Å². The van der Waals surface area contributed by atoms with Crippen LogP contribution in [0.2, 0.25) is 0 Å². The van der Waals surface area contributed by atoms with Crippen LogP contribution < -0.4 is 10.6 Å². The van der Waals surface area contributed by atoms with Crippen molar-refractivity contribution in [1.82, 2.24) is 10.3 Å². The van der Waals surface area contributed by atoms with Crippen LogP contribution in [0.3, 0.4) is 0 Å². The van der Waals surface area contributed by atoms with Gasteiger partial charge in [0.25, 0.3) is 0 Å². The van der Waals surface area contributed by atoms with Crippen molar-refractivity contribution in [2.45, 2.75) is 25.8 Å².